The summed E-state index contributed by atoms with van der Waals surface area (Å²) in [6.45, 7) is 4.79. The fourth-order valence-electron chi connectivity index (χ4n) is 4.27. The van der Waals surface area contributed by atoms with E-state index in [9.17, 15) is 4.79 Å². The fraction of sp³-hybridized carbons (Fsp3) is 0.346. The highest BCUT2D eigenvalue weighted by atomic mass is 16.2. The molecule has 0 radical (unpaired) electrons. The first-order valence-corrected chi connectivity index (χ1v) is 11.6. The van der Waals surface area contributed by atoms with Gasteiger partial charge >= 0.3 is 0 Å². The van der Waals surface area contributed by atoms with Crippen molar-refractivity contribution in [2.75, 3.05) is 38.0 Å². The fourth-order valence-corrected chi connectivity index (χ4v) is 4.27. The molecule has 7 heteroatoms. The van der Waals surface area contributed by atoms with E-state index in [0.717, 1.165) is 49.9 Å². The monoisotopic (exact) mass is 440 g/mol. The van der Waals surface area contributed by atoms with Crippen LogP contribution < -0.4 is 5.32 Å². The van der Waals surface area contributed by atoms with Gasteiger partial charge in [0.25, 0.3) is 0 Å². The predicted octanol–water partition coefficient (Wildman–Crippen LogP) is 3.38. The van der Waals surface area contributed by atoms with E-state index in [0.29, 0.717) is 18.0 Å². The summed E-state index contributed by atoms with van der Waals surface area (Å²) in [5.74, 6) is 1.26. The molecule has 168 valence electrons. The number of para-hydroxylation sites is 1. The summed E-state index contributed by atoms with van der Waals surface area (Å²) in [6, 6.07) is 21.9. The summed E-state index contributed by atoms with van der Waals surface area (Å²) in [7, 11) is 0. The minimum absolute atomic E-state index is 0.00466. The van der Waals surface area contributed by atoms with Crippen molar-refractivity contribution in [1.82, 2.24) is 19.6 Å². The number of nitrogens with zero attached hydrogens (tertiary/aromatic N) is 5. The topological polar surface area (TPSA) is 77.2 Å². The number of nitriles is 1. The zero-order valence-corrected chi connectivity index (χ0v) is 18.7. The van der Waals surface area contributed by atoms with Crippen LogP contribution in [0.25, 0.3) is 5.69 Å². The maximum atomic E-state index is 12.9. The number of nitrogens with one attached hydrogen (secondary N) is 1. The van der Waals surface area contributed by atoms with Gasteiger partial charge in [-0.1, -0.05) is 30.3 Å². The second-order valence-corrected chi connectivity index (χ2v) is 8.89. The number of amides is 1. The highest BCUT2D eigenvalue weighted by molar-refractivity contribution is 5.91. The Hall–Kier alpha value is -3.47. The van der Waals surface area contributed by atoms with Gasteiger partial charge in [0.05, 0.1) is 29.6 Å². The summed E-state index contributed by atoms with van der Waals surface area (Å²) in [5, 5.41) is 16.8. The molecule has 2 heterocycles. The molecule has 0 spiro atoms. The Labute approximate surface area is 194 Å². The average molecular weight is 441 g/mol. The van der Waals surface area contributed by atoms with Gasteiger partial charge in [-0.3, -0.25) is 14.6 Å². The third-order valence-corrected chi connectivity index (χ3v) is 6.31. The molecule has 1 amide bonds. The Morgan fingerprint density at radius 2 is 1.70 bits per heavy atom. The number of carbonyl (C=O) groups is 1. The van der Waals surface area contributed by atoms with Gasteiger partial charge < -0.3 is 5.32 Å². The minimum atomic E-state index is -0.00466. The molecule has 1 saturated carbocycles. The number of piperazine rings is 1. The minimum Gasteiger partial charge on any atom is -0.309 e. The summed E-state index contributed by atoms with van der Waals surface area (Å²) >= 11 is 0. The maximum absolute atomic E-state index is 12.9. The highest BCUT2D eigenvalue weighted by Gasteiger charge is 2.28. The largest absolute Gasteiger partial charge is 0.309 e. The van der Waals surface area contributed by atoms with Crippen LogP contribution in [0, 0.1) is 11.3 Å². The molecule has 1 N–H and O–H groups in total. The van der Waals surface area contributed by atoms with E-state index < -0.39 is 0 Å². The van der Waals surface area contributed by atoms with Gasteiger partial charge in [-0.15, -0.1) is 0 Å². The van der Waals surface area contributed by atoms with Crippen LogP contribution in [0.5, 0.6) is 0 Å². The number of aromatic nitrogens is 2. The summed E-state index contributed by atoms with van der Waals surface area (Å²) in [4.78, 5) is 17.5. The molecule has 1 saturated heterocycles. The van der Waals surface area contributed by atoms with Crippen LogP contribution in [0.15, 0.2) is 60.7 Å². The van der Waals surface area contributed by atoms with Crippen molar-refractivity contribution >= 4 is 11.7 Å². The van der Waals surface area contributed by atoms with E-state index in [1.54, 1.807) is 0 Å². The lowest BCUT2D eigenvalue weighted by Crippen LogP contribution is -2.48. The van der Waals surface area contributed by atoms with Crippen molar-refractivity contribution in [2.45, 2.75) is 25.3 Å². The van der Waals surface area contributed by atoms with Crippen LogP contribution in [0.4, 0.5) is 5.82 Å². The Kier molecular flexibility index (Phi) is 6.20. The summed E-state index contributed by atoms with van der Waals surface area (Å²) in [5.41, 5.74) is 3.91. The molecule has 1 aliphatic heterocycles. The first-order chi connectivity index (χ1) is 16.2. The molecule has 5 rings (SSSR count). The van der Waals surface area contributed by atoms with Crippen molar-refractivity contribution in [3.8, 4) is 11.8 Å². The molecule has 33 heavy (non-hydrogen) atoms. The molecule has 0 atom stereocenters. The SMILES string of the molecule is N#Cc1ccc(CN2CCN(CC(=O)Nc3cc(C4CC4)nn3-c3ccccc3)CC2)cc1. The van der Waals surface area contributed by atoms with E-state index in [4.69, 9.17) is 10.4 Å². The Morgan fingerprint density at radius 1 is 1.00 bits per heavy atom. The normalized spacial score (nSPS) is 16.9. The van der Waals surface area contributed by atoms with Crippen molar-refractivity contribution < 1.29 is 4.79 Å². The third-order valence-electron chi connectivity index (χ3n) is 6.31. The Bertz CT molecular complexity index is 1140. The van der Waals surface area contributed by atoms with Gasteiger partial charge in [-0.05, 0) is 42.7 Å². The summed E-state index contributed by atoms with van der Waals surface area (Å²) < 4.78 is 1.85. The van der Waals surface area contributed by atoms with Gasteiger partial charge in [-0.2, -0.15) is 10.4 Å². The van der Waals surface area contributed by atoms with Gasteiger partial charge in [0.2, 0.25) is 5.91 Å². The molecule has 2 aromatic carbocycles. The lowest BCUT2D eigenvalue weighted by atomic mass is 10.1. The molecular weight excluding hydrogens is 412 g/mol. The second-order valence-electron chi connectivity index (χ2n) is 8.89. The smallest absolute Gasteiger partial charge is 0.239 e. The van der Waals surface area contributed by atoms with Gasteiger partial charge in [-0.25, -0.2) is 4.68 Å². The molecule has 0 unspecified atom stereocenters. The molecule has 3 aromatic rings. The maximum Gasteiger partial charge on any atom is 0.239 e. The lowest BCUT2D eigenvalue weighted by molar-refractivity contribution is -0.117. The number of benzene rings is 2. The van der Waals surface area contributed by atoms with Crippen LogP contribution in [-0.2, 0) is 11.3 Å². The summed E-state index contributed by atoms with van der Waals surface area (Å²) in [6.07, 6.45) is 2.35. The molecule has 1 aliphatic carbocycles. The van der Waals surface area contributed by atoms with Gasteiger partial charge in [0.15, 0.2) is 0 Å². The number of rotatable bonds is 7. The highest BCUT2D eigenvalue weighted by Crippen LogP contribution is 2.40. The Balaban J connectivity index is 1.16. The first kappa shape index (κ1) is 21.4. The third kappa shape index (κ3) is 5.30. The van der Waals surface area contributed by atoms with Gasteiger partial charge in [0.1, 0.15) is 5.82 Å². The van der Waals surface area contributed by atoms with E-state index in [1.807, 2.05) is 65.3 Å². The van der Waals surface area contributed by atoms with Crippen LogP contribution in [-0.4, -0.2) is 58.2 Å². The zero-order valence-electron chi connectivity index (χ0n) is 18.7. The number of carbonyl (C=O) groups excluding carboxylic acids is 1. The van der Waals surface area contributed by atoms with Crippen LogP contribution >= 0.6 is 0 Å². The quantitative estimate of drug-likeness (QED) is 0.610. The van der Waals surface area contributed by atoms with E-state index in [-0.39, 0.29) is 5.91 Å². The number of hydrogen-bond donors (Lipinski definition) is 1. The predicted molar refractivity (Wildman–Crippen MR) is 127 cm³/mol. The standard InChI is InChI=1S/C26H28N6O/c27-17-20-6-8-21(9-7-20)18-30-12-14-31(15-13-30)19-26(33)28-25-16-24(22-10-11-22)29-32(25)23-4-2-1-3-5-23/h1-9,16,22H,10-15,18-19H2,(H,28,33). The van der Waals surface area contributed by atoms with E-state index >= 15 is 0 Å². The van der Waals surface area contributed by atoms with E-state index in [2.05, 4.69) is 21.2 Å². The molecular formula is C26H28N6O. The van der Waals surface area contributed by atoms with Crippen LogP contribution in [0.2, 0.25) is 0 Å². The average Bonchev–Trinajstić information content (AvgIpc) is 3.62. The van der Waals surface area contributed by atoms with Crippen molar-refractivity contribution in [3.05, 3.63) is 77.5 Å². The van der Waals surface area contributed by atoms with Crippen LogP contribution in [0.1, 0.15) is 35.6 Å². The number of anilines is 1. The molecule has 7 nitrogen and oxygen atoms in total. The molecule has 2 fully saturated rings. The van der Waals surface area contributed by atoms with Crippen LogP contribution in [0.3, 0.4) is 0 Å². The number of hydrogen-bond acceptors (Lipinski definition) is 5. The van der Waals surface area contributed by atoms with E-state index in [1.165, 1.54) is 18.4 Å². The van der Waals surface area contributed by atoms with Crippen molar-refractivity contribution in [3.63, 3.8) is 0 Å². The molecule has 1 aromatic heterocycles. The second kappa shape index (κ2) is 9.57. The zero-order chi connectivity index (χ0) is 22.6. The lowest BCUT2D eigenvalue weighted by Gasteiger charge is -2.34. The molecule has 0 bridgehead atoms. The Morgan fingerprint density at radius 3 is 2.36 bits per heavy atom. The van der Waals surface area contributed by atoms with Crippen molar-refractivity contribution in [2.24, 2.45) is 0 Å². The van der Waals surface area contributed by atoms with Gasteiger partial charge in [0, 0.05) is 44.7 Å². The molecule has 2 aliphatic rings. The van der Waals surface area contributed by atoms with Crippen molar-refractivity contribution in [1.29, 1.82) is 5.26 Å². The first-order valence-electron chi connectivity index (χ1n) is 11.6.